The number of carbonyl (C=O) groups excluding carboxylic acids is 1. The third kappa shape index (κ3) is 4.21. The molecular formula is C15H23NO4. The minimum absolute atomic E-state index is 0.104. The van der Waals surface area contributed by atoms with Crippen molar-refractivity contribution in [3.63, 3.8) is 0 Å². The van der Waals surface area contributed by atoms with Gasteiger partial charge in [-0.2, -0.15) is 0 Å². The zero-order valence-electron chi connectivity index (χ0n) is 12.3. The minimum Gasteiger partial charge on any atom is -0.491 e. The van der Waals surface area contributed by atoms with E-state index in [0.717, 1.165) is 0 Å². The maximum Gasteiger partial charge on any atom is 0.329 e. The molecule has 0 aromatic heterocycles. The van der Waals surface area contributed by atoms with Crippen molar-refractivity contribution in [1.29, 1.82) is 0 Å². The number of para-hydroxylation sites is 1. The van der Waals surface area contributed by atoms with E-state index in [1.54, 1.807) is 26.0 Å². The van der Waals surface area contributed by atoms with Crippen molar-refractivity contribution in [3.8, 4) is 5.75 Å². The number of carbonyl (C=O) groups is 1. The summed E-state index contributed by atoms with van der Waals surface area (Å²) in [5.74, 6) is 0.228. The second-order valence-corrected chi connectivity index (χ2v) is 4.64. The number of aliphatic hydroxyl groups excluding tert-OH is 1. The van der Waals surface area contributed by atoms with Gasteiger partial charge >= 0.3 is 5.97 Å². The number of rotatable bonds is 8. The lowest BCUT2D eigenvalue weighted by molar-refractivity contribution is -0.151. The van der Waals surface area contributed by atoms with Gasteiger partial charge in [-0.15, -0.1) is 0 Å². The lowest BCUT2D eigenvalue weighted by atomic mass is 10.0. The van der Waals surface area contributed by atoms with Gasteiger partial charge in [0.05, 0.1) is 13.2 Å². The van der Waals surface area contributed by atoms with Crippen LogP contribution in [0.25, 0.3) is 0 Å². The molecule has 0 bridgehead atoms. The first-order valence-electron chi connectivity index (χ1n) is 6.81. The summed E-state index contributed by atoms with van der Waals surface area (Å²) in [5.41, 5.74) is -0.219. The van der Waals surface area contributed by atoms with Crippen LogP contribution < -0.4 is 10.1 Å². The van der Waals surface area contributed by atoms with Crippen LogP contribution in [0, 0.1) is 0 Å². The predicted molar refractivity (Wildman–Crippen MR) is 76.6 cm³/mol. The topological polar surface area (TPSA) is 67.8 Å². The van der Waals surface area contributed by atoms with E-state index >= 15 is 0 Å². The summed E-state index contributed by atoms with van der Waals surface area (Å²) in [4.78, 5) is 12.0. The van der Waals surface area contributed by atoms with E-state index in [2.05, 4.69) is 5.32 Å². The SMILES string of the molecule is CCNC(C)(COc1ccccc1CO)C(=O)OCC. The lowest BCUT2D eigenvalue weighted by Crippen LogP contribution is -2.54. The molecule has 0 aliphatic carbocycles. The Morgan fingerprint density at radius 1 is 1.35 bits per heavy atom. The summed E-state index contributed by atoms with van der Waals surface area (Å²) in [6, 6.07) is 7.20. The third-order valence-corrected chi connectivity index (χ3v) is 2.95. The molecule has 2 N–H and O–H groups in total. The minimum atomic E-state index is -0.909. The fourth-order valence-electron chi connectivity index (χ4n) is 1.86. The van der Waals surface area contributed by atoms with Crippen LogP contribution in [0.2, 0.25) is 0 Å². The van der Waals surface area contributed by atoms with Crippen molar-refractivity contribution in [3.05, 3.63) is 29.8 Å². The van der Waals surface area contributed by atoms with E-state index < -0.39 is 5.54 Å². The van der Waals surface area contributed by atoms with Gasteiger partial charge in [0.15, 0.2) is 0 Å². The van der Waals surface area contributed by atoms with Gasteiger partial charge in [0.25, 0.3) is 0 Å². The first kappa shape index (κ1) is 16.5. The number of esters is 1. The van der Waals surface area contributed by atoms with E-state index in [4.69, 9.17) is 9.47 Å². The van der Waals surface area contributed by atoms with Crippen molar-refractivity contribution in [2.24, 2.45) is 0 Å². The molecule has 5 nitrogen and oxygen atoms in total. The van der Waals surface area contributed by atoms with E-state index in [1.165, 1.54) is 0 Å². The molecule has 0 radical (unpaired) electrons. The van der Waals surface area contributed by atoms with Gasteiger partial charge in [0.1, 0.15) is 17.9 Å². The maximum atomic E-state index is 12.0. The van der Waals surface area contributed by atoms with Crippen molar-refractivity contribution >= 4 is 5.97 Å². The first-order valence-corrected chi connectivity index (χ1v) is 6.81. The number of hydrogen-bond acceptors (Lipinski definition) is 5. The number of ether oxygens (including phenoxy) is 2. The summed E-state index contributed by atoms with van der Waals surface area (Å²) >= 11 is 0. The van der Waals surface area contributed by atoms with E-state index in [1.807, 2.05) is 19.1 Å². The van der Waals surface area contributed by atoms with Crippen LogP contribution in [0.5, 0.6) is 5.75 Å². The molecule has 0 spiro atoms. The zero-order valence-corrected chi connectivity index (χ0v) is 12.3. The predicted octanol–water partition coefficient (Wildman–Crippen LogP) is 1.49. The summed E-state index contributed by atoms with van der Waals surface area (Å²) < 4.78 is 10.8. The van der Waals surface area contributed by atoms with Gasteiger partial charge in [-0.1, -0.05) is 25.1 Å². The molecular weight excluding hydrogens is 258 g/mol. The molecule has 0 amide bonds. The van der Waals surface area contributed by atoms with Crippen molar-refractivity contribution in [2.45, 2.75) is 32.9 Å². The summed E-state index contributed by atoms with van der Waals surface area (Å²) in [6.07, 6.45) is 0. The number of benzene rings is 1. The van der Waals surface area contributed by atoms with E-state index in [0.29, 0.717) is 24.5 Å². The average Bonchev–Trinajstić information content (AvgIpc) is 2.46. The molecule has 20 heavy (non-hydrogen) atoms. The highest BCUT2D eigenvalue weighted by molar-refractivity contribution is 5.80. The highest BCUT2D eigenvalue weighted by Crippen LogP contribution is 2.19. The molecule has 0 heterocycles. The largest absolute Gasteiger partial charge is 0.491 e. The lowest BCUT2D eigenvalue weighted by Gasteiger charge is -2.28. The van der Waals surface area contributed by atoms with Gasteiger partial charge in [-0.05, 0) is 26.5 Å². The Bertz CT molecular complexity index is 436. The quantitative estimate of drug-likeness (QED) is 0.707. The summed E-state index contributed by atoms with van der Waals surface area (Å²) in [7, 11) is 0. The fourth-order valence-corrected chi connectivity index (χ4v) is 1.86. The van der Waals surface area contributed by atoms with Crippen LogP contribution in [0.15, 0.2) is 24.3 Å². The molecule has 1 unspecified atom stereocenters. The van der Waals surface area contributed by atoms with Gasteiger partial charge in [-0.25, -0.2) is 4.79 Å². The molecule has 5 heteroatoms. The van der Waals surface area contributed by atoms with Crippen LogP contribution in [0.1, 0.15) is 26.3 Å². The highest BCUT2D eigenvalue weighted by Gasteiger charge is 2.35. The van der Waals surface area contributed by atoms with Gasteiger partial charge in [0, 0.05) is 5.56 Å². The fraction of sp³-hybridized carbons (Fsp3) is 0.533. The normalized spacial score (nSPS) is 13.6. The van der Waals surface area contributed by atoms with Crippen LogP contribution in [0.3, 0.4) is 0 Å². The second kappa shape index (κ2) is 7.87. The Balaban J connectivity index is 2.78. The molecule has 1 rings (SSSR count). The second-order valence-electron chi connectivity index (χ2n) is 4.64. The standard InChI is InChI=1S/C15H23NO4/c1-4-16-15(3,14(18)19-5-2)11-20-13-9-7-6-8-12(13)10-17/h6-9,16-17H,4-5,10-11H2,1-3H3. The van der Waals surface area contributed by atoms with Crippen LogP contribution >= 0.6 is 0 Å². The first-order chi connectivity index (χ1) is 9.57. The average molecular weight is 281 g/mol. The smallest absolute Gasteiger partial charge is 0.329 e. The zero-order chi connectivity index (χ0) is 15.0. The Kier molecular flexibility index (Phi) is 6.48. The van der Waals surface area contributed by atoms with Gasteiger partial charge in [0.2, 0.25) is 0 Å². The highest BCUT2D eigenvalue weighted by atomic mass is 16.5. The monoisotopic (exact) mass is 281 g/mol. The third-order valence-electron chi connectivity index (χ3n) is 2.95. The molecule has 1 atom stereocenters. The van der Waals surface area contributed by atoms with Crippen molar-refractivity contribution in [2.75, 3.05) is 19.8 Å². The van der Waals surface area contributed by atoms with Gasteiger partial charge < -0.3 is 14.6 Å². The van der Waals surface area contributed by atoms with Crippen LogP contribution in [-0.4, -0.2) is 36.4 Å². The molecule has 112 valence electrons. The van der Waals surface area contributed by atoms with Crippen molar-refractivity contribution < 1.29 is 19.4 Å². The Hall–Kier alpha value is -1.59. The number of hydrogen-bond donors (Lipinski definition) is 2. The number of nitrogens with one attached hydrogen (secondary N) is 1. The molecule has 0 saturated heterocycles. The van der Waals surface area contributed by atoms with Crippen molar-refractivity contribution in [1.82, 2.24) is 5.32 Å². The molecule has 0 saturated carbocycles. The Labute approximate surface area is 119 Å². The number of likely N-dealkylation sites (N-methyl/N-ethyl adjacent to an activating group) is 1. The van der Waals surface area contributed by atoms with Crippen LogP contribution in [-0.2, 0) is 16.1 Å². The molecule has 0 aliphatic heterocycles. The molecule has 1 aromatic carbocycles. The Morgan fingerprint density at radius 3 is 2.65 bits per heavy atom. The molecule has 0 fully saturated rings. The molecule has 1 aromatic rings. The maximum absolute atomic E-state index is 12.0. The Morgan fingerprint density at radius 2 is 2.05 bits per heavy atom. The molecule has 0 aliphatic rings. The van der Waals surface area contributed by atoms with E-state index in [-0.39, 0.29) is 19.2 Å². The summed E-state index contributed by atoms with van der Waals surface area (Å²) in [6.45, 7) is 6.42. The van der Waals surface area contributed by atoms with Gasteiger partial charge in [-0.3, -0.25) is 5.32 Å². The van der Waals surface area contributed by atoms with E-state index in [9.17, 15) is 9.90 Å². The number of aliphatic hydroxyl groups is 1. The van der Waals surface area contributed by atoms with Crippen LogP contribution in [0.4, 0.5) is 0 Å². The summed E-state index contributed by atoms with van der Waals surface area (Å²) in [5, 5.41) is 12.3.